The summed E-state index contributed by atoms with van der Waals surface area (Å²) in [5.74, 6) is 0. The number of nitrogens with zero attached hydrogens (tertiary/aromatic N) is 2. The van der Waals surface area contributed by atoms with Crippen LogP contribution in [0.25, 0.3) is 0 Å². The van der Waals surface area contributed by atoms with Crippen LogP contribution >= 0.6 is 56.9 Å². The topological polar surface area (TPSA) is 63.7 Å². The predicted octanol–water partition coefficient (Wildman–Crippen LogP) is 2.71. The van der Waals surface area contributed by atoms with Gasteiger partial charge in [0, 0.05) is 22.4 Å². The fourth-order valence-corrected chi connectivity index (χ4v) is 4.30. The maximum Gasteiger partial charge on any atom is 1.00 e. The molecule has 1 heterocycles. The molecule has 160 valence electrons. The zero-order chi connectivity index (χ0) is 21.6. The summed E-state index contributed by atoms with van der Waals surface area (Å²) < 4.78 is 28.4. The van der Waals surface area contributed by atoms with Crippen LogP contribution in [-0.4, -0.2) is 44.8 Å². The fourth-order valence-electron chi connectivity index (χ4n) is 3.20. The summed E-state index contributed by atoms with van der Waals surface area (Å²) in [5.41, 5.74) is 2.68. The van der Waals surface area contributed by atoms with Crippen LogP contribution in [0.3, 0.4) is 0 Å². The first-order valence-electron chi connectivity index (χ1n) is 9.29. The minimum atomic E-state index is -4.02. The van der Waals surface area contributed by atoms with Crippen molar-refractivity contribution in [3.8, 4) is 0 Å². The summed E-state index contributed by atoms with van der Waals surface area (Å²) in [6.07, 6.45) is 0. The Morgan fingerprint density at radius 3 is 1.77 bits per heavy atom. The third-order valence-electron chi connectivity index (χ3n) is 4.63. The van der Waals surface area contributed by atoms with Gasteiger partial charge in [0.05, 0.1) is 11.4 Å². The molecule has 0 saturated carbocycles. The van der Waals surface area contributed by atoms with Crippen molar-refractivity contribution in [3.63, 3.8) is 0 Å². The summed E-state index contributed by atoms with van der Waals surface area (Å²) in [6, 6.07) is 18.0. The quantitative estimate of drug-likeness (QED) is 0.202. The van der Waals surface area contributed by atoms with Crippen molar-refractivity contribution >= 4 is 78.4 Å². The van der Waals surface area contributed by atoms with Gasteiger partial charge >= 0.3 is 29.6 Å². The van der Waals surface area contributed by atoms with Gasteiger partial charge in [0.2, 0.25) is 0 Å². The molecule has 5 nitrogen and oxygen atoms in total. The van der Waals surface area contributed by atoms with E-state index in [0.29, 0.717) is 6.04 Å². The van der Waals surface area contributed by atoms with Gasteiger partial charge in [-0.1, -0.05) is 95.1 Å². The second-order valence-corrected chi connectivity index (χ2v) is 15.6. The monoisotopic (exact) mass is 682 g/mol. The van der Waals surface area contributed by atoms with E-state index in [4.69, 9.17) is 0 Å². The molecule has 1 atom stereocenters. The van der Waals surface area contributed by atoms with Crippen molar-refractivity contribution in [2.75, 3.05) is 24.5 Å². The Labute approximate surface area is 234 Å². The number of likely N-dealkylation sites (N-methyl/N-ethyl adjacent to an activating group) is 1. The van der Waals surface area contributed by atoms with Gasteiger partial charge in [0.15, 0.2) is 1.26 Å². The van der Waals surface area contributed by atoms with E-state index < -0.39 is 11.4 Å². The van der Waals surface area contributed by atoms with Crippen molar-refractivity contribution < 1.29 is 42.5 Å². The van der Waals surface area contributed by atoms with Crippen molar-refractivity contribution in [1.29, 1.82) is 0 Å². The van der Waals surface area contributed by atoms with Gasteiger partial charge in [0.25, 0.3) is 0 Å². The Hall–Kier alpha value is 0.920. The summed E-state index contributed by atoms with van der Waals surface area (Å²) in [6.45, 7) is 10.0. The molecule has 1 unspecified atom stereocenters. The minimum Gasteiger partial charge on any atom is -0.747 e. The molecule has 30 heavy (non-hydrogen) atoms. The second kappa shape index (κ2) is 13.6. The Balaban J connectivity index is 0.000000489. The predicted molar refractivity (Wildman–Crippen MR) is 138 cm³/mol. The average Bonchev–Trinajstić information content (AvgIpc) is 2.68. The van der Waals surface area contributed by atoms with E-state index in [-0.39, 0.29) is 29.6 Å². The van der Waals surface area contributed by atoms with Gasteiger partial charge in [-0.2, -0.15) is 0 Å². The first-order chi connectivity index (χ1) is 13.7. The Kier molecular flexibility index (Phi) is 13.1. The van der Waals surface area contributed by atoms with E-state index in [1.54, 1.807) is 0 Å². The van der Waals surface area contributed by atoms with Gasteiger partial charge in [-0.05, 0) is 44.3 Å². The van der Waals surface area contributed by atoms with Crippen molar-refractivity contribution in [2.45, 2.75) is 37.9 Å². The van der Waals surface area contributed by atoms with Crippen molar-refractivity contribution in [3.05, 3.63) is 48.5 Å². The number of anilines is 2. The molecule has 0 spiro atoms. The van der Waals surface area contributed by atoms with Crippen LogP contribution in [0, 0.1) is 0 Å². The van der Waals surface area contributed by atoms with E-state index in [2.05, 4.69) is 79.1 Å². The van der Waals surface area contributed by atoms with Gasteiger partial charge in [-0.15, -0.1) is 0 Å². The smallest absolute Gasteiger partial charge is 0.747 e. The zero-order valence-electron chi connectivity index (χ0n) is 17.6. The molecule has 0 bridgehead atoms. The summed E-state index contributed by atoms with van der Waals surface area (Å²) in [5, 5.41) is 0. The van der Waals surface area contributed by atoms with Gasteiger partial charge in [-0.25, -0.2) is 8.42 Å². The van der Waals surface area contributed by atoms with E-state index in [1.165, 1.54) is 66.3 Å². The summed E-state index contributed by atoms with van der Waals surface area (Å²) in [4.78, 5) is 7.72. The maximum absolute atomic E-state index is 9.76. The molecule has 0 N–H and O–H groups in total. The minimum absolute atomic E-state index is 0. The van der Waals surface area contributed by atoms with Crippen LogP contribution in [0.15, 0.2) is 58.3 Å². The van der Waals surface area contributed by atoms with E-state index in [9.17, 15) is 13.0 Å². The summed E-state index contributed by atoms with van der Waals surface area (Å²) in [7, 11) is -4.02. The van der Waals surface area contributed by atoms with Crippen molar-refractivity contribution in [1.82, 2.24) is 4.90 Å². The Morgan fingerprint density at radius 2 is 1.40 bits per heavy atom. The van der Waals surface area contributed by atoms with Crippen LogP contribution in [0.5, 0.6) is 0 Å². The van der Waals surface area contributed by atoms with E-state index >= 15 is 0 Å². The molecular formula is C20H25I2N2NaO3S2. The molecule has 0 amide bonds. The van der Waals surface area contributed by atoms with Gasteiger partial charge in [0.1, 0.15) is 10.1 Å². The van der Waals surface area contributed by atoms with Gasteiger partial charge < -0.3 is 9.45 Å². The Bertz CT molecular complexity index is 867. The molecule has 0 fully saturated rings. The number of hydrogen-bond donors (Lipinski definition) is 0. The molecule has 10 heteroatoms. The molecule has 0 aliphatic carbocycles. The number of para-hydroxylation sites is 2. The number of benzene rings is 2. The third kappa shape index (κ3) is 8.05. The normalized spacial score (nSPS) is 13.7. The maximum atomic E-state index is 9.76. The average molecular weight is 682 g/mol. The van der Waals surface area contributed by atoms with Crippen LogP contribution in [0.1, 0.15) is 20.8 Å². The molecule has 0 saturated heterocycles. The van der Waals surface area contributed by atoms with Crippen LogP contribution in [-0.2, 0) is 10.1 Å². The van der Waals surface area contributed by atoms with E-state index in [1.807, 2.05) is 11.8 Å². The van der Waals surface area contributed by atoms with Gasteiger partial charge in [-0.3, -0.25) is 4.90 Å². The second-order valence-electron chi connectivity index (χ2n) is 6.47. The standard InChI is InChI=1S/C19H24N2S.CH2I2O3S.Na/c1-4-20(5-2)15(3)14-21-16-10-6-8-12-18(16)22-19-13-9-7-11-17(19)21;2-1(3)7(4,5)6;/h6-13,15H,4-5,14H2,1-3H3;1H,(H,4,5,6);/q;;+1/p-1. The summed E-state index contributed by atoms with van der Waals surface area (Å²) >= 11 is 4.95. The third-order valence-corrected chi connectivity index (χ3v) is 9.94. The SMILES string of the molecule is CCN(CC)C(C)CN1c2ccccc2Sc2ccccc21.O=S(=O)([O-])C(I)I.[Na+]. The van der Waals surface area contributed by atoms with Crippen LogP contribution < -0.4 is 34.5 Å². The van der Waals surface area contributed by atoms with E-state index in [0.717, 1.165) is 19.6 Å². The molecular weight excluding hydrogens is 657 g/mol. The molecule has 1 aliphatic rings. The number of hydrogen-bond acceptors (Lipinski definition) is 6. The molecule has 2 aromatic carbocycles. The number of fused-ring (bicyclic) bond motifs is 2. The van der Waals surface area contributed by atoms with Crippen LogP contribution in [0.2, 0.25) is 0 Å². The molecule has 0 radical (unpaired) electrons. The molecule has 2 aromatic rings. The largest absolute Gasteiger partial charge is 1.00 e. The Morgan fingerprint density at radius 1 is 1.00 bits per heavy atom. The molecule has 1 aliphatic heterocycles. The number of alkyl halides is 2. The van der Waals surface area contributed by atoms with Crippen molar-refractivity contribution in [2.24, 2.45) is 0 Å². The fraction of sp³-hybridized carbons (Fsp3) is 0.400. The zero-order valence-corrected chi connectivity index (χ0v) is 25.5. The number of halogens is 2. The first-order valence-corrected chi connectivity index (χ1v) is 14.1. The molecule has 0 aromatic heterocycles. The molecule has 3 rings (SSSR count). The first kappa shape index (κ1) is 29.0. The number of rotatable bonds is 6. The van der Waals surface area contributed by atoms with Crippen LogP contribution in [0.4, 0.5) is 11.4 Å².